The molecule has 10 rings (SSSR count). The van der Waals surface area contributed by atoms with Crippen molar-refractivity contribution in [2.24, 2.45) is 17.8 Å². The van der Waals surface area contributed by atoms with Gasteiger partial charge in [-0.1, -0.05) is 124 Å². The predicted molar refractivity (Wildman–Crippen MR) is 302 cm³/mol. The van der Waals surface area contributed by atoms with Crippen LogP contribution >= 0.6 is 0 Å². The molecule has 3 heterocycles. The van der Waals surface area contributed by atoms with E-state index in [1.165, 1.54) is 4.90 Å². The number of benzene rings is 4. The van der Waals surface area contributed by atoms with Gasteiger partial charge in [0.15, 0.2) is 25.4 Å². The topological polar surface area (TPSA) is 153 Å². The number of ether oxygens (including phenoxy) is 4. The first-order valence-corrected chi connectivity index (χ1v) is 30.6. The molecule has 6 atom stereocenters. The van der Waals surface area contributed by atoms with E-state index in [1.54, 1.807) is 32.9 Å². The number of hydrogen-bond acceptors (Lipinski definition) is 13. The summed E-state index contributed by atoms with van der Waals surface area (Å²) < 4.78 is 85.3. The molecule has 2 unspecified atom stereocenters. The van der Waals surface area contributed by atoms with Gasteiger partial charge in [0.1, 0.15) is 35.9 Å². The fourth-order valence-electron chi connectivity index (χ4n) is 12.5. The molecule has 1 amide bonds. The lowest BCUT2D eigenvalue weighted by atomic mass is 9.57. The van der Waals surface area contributed by atoms with Crippen molar-refractivity contribution >= 4 is 37.4 Å². The summed E-state index contributed by atoms with van der Waals surface area (Å²) in [4.78, 5) is 53.4. The third-order valence-electron chi connectivity index (χ3n) is 16.9. The molecule has 1 saturated carbocycles. The van der Waals surface area contributed by atoms with Gasteiger partial charge in [0, 0.05) is 54.8 Å². The number of carbonyl (C=O) groups is 3. The van der Waals surface area contributed by atoms with E-state index in [9.17, 15) is 9.90 Å². The van der Waals surface area contributed by atoms with Gasteiger partial charge in [-0.05, 0) is 98.4 Å². The van der Waals surface area contributed by atoms with Crippen LogP contribution in [-0.2, 0) is 40.1 Å². The van der Waals surface area contributed by atoms with E-state index < -0.39 is 89.9 Å². The number of hydrogen-bond donors (Lipinski definition) is 1. The zero-order valence-corrected chi connectivity index (χ0v) is 48.2. The van der Waals surface area contributed by atoms with E-state index in [0.717, 1.165) is 11.1 Å². The third-order valence-corrected chi connectivity index (χ3v) is 21.3. The van der Waals surface area contributed by atoms with Gasteiger partial charge in [-0.15, -0.1) is 26.3 Å². The molecule has 14 nitrogen and oxygen atoms in total. The summed E-state index contributed by atoms with van der Waals surface area (Å²) in [5, 5.41) is 17.3. The largest absolute Gasteiger partial charge is 0.573 e. The van der Waals surface area contributed by atoms with Gasteiger partial charge in [0.2, 0.25) is 11.6 Å². The number of Topliss-reactive ketones (excluding diaryl/α,β-unsaturated/α-hetero) is 2. The van der Waals surface area contributed by atoms with Crippen molar-refractivity contribution in [3.05, 3.63) is 167 Å². The molecule has 1 aromatic heterocycles. The van der Waals surface area contributed by atoms with Crippen molar-refractivity contribution in [3.63, 3.8) is 0 Å². The zero-order valence-electron chi connectivity index (χ0n) is 47.2. The standard InChI is InChI=1S/C63H71F3N4O10Si/c1-11-29-68(30-12-2)50-44-33-42-32-43-46(52(71)45(42)56(72)62(44,80-81(9,10)61(6,7)8)57(73)48-55(50)79-67-58(48)76-37-40-26-20-15-21-27-40)54(75-36-39-24-18-14-19-25-39)51-47(53(43)77-63(64,65)66)49-41(35-70(51)59(74)78-60(3,4)5)28-31-69(49)34-38-22-16-13-17-23-38/h11-27,41-42,44,49-50,71H,1-2,28-37H2,3-10H3/t41?,42-,44-,49?,50-,62-/m0/s1. The normalized spacial score (nSPS) is 22.7. The summed E-state index contributed by atoms with van der Waals surface area (Å²) in [6, 6.07) is 26.2. The molecular weight excluding hydrogens is 1060 g/mol. The molecule has 81 heavy (non-hydrogen) atoms. The molecule has 2 aliphatic heterocycles. The highest BCUT2D eigenvalue weighted by Gasteiger charge is 2.69. The van der Waals surface area contributed by atoms with Gasteiger partial charge >= 0.3 is 12.5 Å². The first-order valence-electron chi connectivity index (χ1n) is 27.7. The van der Waals surface area contributed by atoms with Crippen LogP contribution in [0.4, 0.5) is 23.7 Å². The van der Waals surface area contributed by atoms with Crippen LogP contribution in [0.5, 0.6) is 17.4 Å². The smallest absolute Gasteiger partial charge is 0.507 e. The molecule has 3 aliphatic carbocycles. The average molecular weight is 1130 g/mol. The first-order chi connectivity index (χ1) is 38.4. The lowest BCUT2D eigenvalue weighted by molar-refractivity contribution is -0.275. The van der Waals surface area contributed by atoms with E-state index in [1.807, 2.05) is 130 Å². The number of carbonyl (C=O) groups excluding carboxylic acids is 3. The number of amides is 1. The second-order valence-corrected chi connectivity index (χ2v) is 29.1. The van der Waals surface area contributed by atoms with E-state index >= 15 is 22.8 Å². The molecule has 18 heteroatoms. The van der Waals surface area contributed by atoms with Crippen molar-refractivity contribution in [1.82, 2.24) is 15.0 Å². The first kappa shape index (κ1) is 57.2. The molecule has 0 spiro atoms. The number of aliphatic hydroxyl groups excluding tert-OH is 1. The maximum atomic E-state index is 16.8. The number of rotatable bonds is 16. The minimum absolute atomic E-state index is 0.00536. The van der Waals surface area contributed by atoms with Crippen molar-refractivity contribution in [3.8, 4) is 17.4 Å². The Hall–Kier alpha value is -6.99. The number of aliphatic hydroxyl groups is 1. The van der Waals surface area contributed by atoms with Crippen LogP contribution in [0.1, 0.15) is 116 Å². The highest BCUT2D eigenvalue weighted by atomic mass is 28.4. The van der Waals surface area contributed by atoms with E-state index in [-0.39, 0.29) is 96.6 Å². The van der Waals surface area contributed by atoms with Crippen molar-refractivity contribution in [1.29, 1.82) is 0 Å². The Balaban J connectivity index is 1.26. The van der Waals surface area contributed by atoms with Crippen molar-refractivity contribution < 1.29 is 60.6 Å². The molecule has 5 aliphatic rings. The lowest BCUT2D eigenvalue weighted by Gasteiger charge is -2.55. The van der Waals surface area contributed by atoms with Crippen LogP contribution in [0.2, 0.25) is 18.1 Å². The molecule has 1 N–H and O–H groups in total. The Kier molecular flexibility index (Phi) is 15.4. The summed E-state index contributed by atoms with van der Waals surface area (Å²) in [6.45, 7) is 24.0. The highest BCUT2D eigenvalue weighted by molar-refractivity contribution is 6.74. The molecular formula is C63H71F3N4O10Si. The number of aromatic nitrogens is 1. The van der Waals surface area contributed by atoms with E-state index in [2.05, 4.69) is 23.2 Å². The van der Waals surface area contributed by atoms with Gasteiger partial charge in [0.05, 0.1) is 17.3 Å². The number of anilines is 1. The van der Waals surface area contributed by atoms with Crippen LogP contribution in [0.25, 0.3) is 5.76 Å². The maximum absolute atomic E-state index is 16.8. The number of nitrogens with zero attached hydrogens (tertiary/aromatic N) is 4. The van der Waals surface area contributed by atoms with E-state index in [4.69, 9.17) is 27.9 Å². The van der Waals surface area contributed by atoms with Gasteiger partial charge in [-0.2, -0.15) is 0 Å². The molecule has 2 fully saturated rings. The van der Waals surface area contributed by atoms with Gasteiger partial charge in [-0.3, -0.25) is 24.3 Å². The van der Waals surface area contributed by atoms with Gasteiger partial charge in [-0.25, -0.2) is 4.79 Å². The summed E-state index contributed by atoms with van der Waals surface area (Å²) in [6.07, 6.45) is -2.67. The Morgan fingerprint density at radius 2 is 1.44 bits per heavy atom. The SMILES string of the molecule is C=CCN(CC=C)[C@@H]1c2onc(OCc3ccccc3)c2C(=O)[C@@]2(O[Si](C)(C)C(C)(C)C)C(=O)C3=C(O)c4c(c(OC(F)(F)F)c5c(c4OCc4ccccc4)N(C(=O)OC(C)(C)C)CC4CCN(Cc6ccccc6)C54)C[C@H]3C[C@@H]12. The van der Waals surface area contributed by atoms with Crippen LogP contribution in [-0.4, -0.2) is 89.8 Å². The molecule has 5 aromatic rings. The monoisotopic (exact) mass is 1130 g/mol. The van der Waals surface area contributed by atoms with E-state index in [0.29, 0.717) is 25.1 Å². The number of ketones is 2. The second kappa shape index (κ2) is 21.7. The maximum Gasteiger partial charge on any atom is 0.573 e. The van der Waals surface area contributed by atoms with Crippen LogP contribution < -0.4 is 19.1 Å². The molecule has 0 radical (unpaired) electrons. The van der Waals surface area contributed by atoms with Crippen LogP contribution in [0.15, 0.2) is 126 Å². The quantitative estimate of drug-likeness (QED) is 0.0567. The van der Waals surface area contributed by atoms with Gasteiger partial charge in [0.25, 0.3) is 5.88 Å². The minimum Gasteiger partial charge on any atom is -0.507 e. The molecule has 1 saturated heterocycles. The second-order valence-electron chi connectivity index (χ2n) is 24.4. The minimum atomic E-state index is -5.30. The Labute approximate surface area is 472 Å². The van der Waals surface area contributed by atoms with Crippen molar-refractivity contribution in [2.45, 2.75) is 128 Å². The van der Waals surface area contributed by atoms with Crippen LogP contribution in [0, 0.1) is 17.8 Å². The molecule has 428 valence electrons. The summed E-state index contributed by atoms with van der Waals surface area (Å²) in [5.74, 6) is -5.74. The van der Waals surface area contributed by atoms with Crippen molar-refractivity contribution in [2.75, 3.05) is 31.1 Å². The molecule has 0 bridgehead atoms. The number of halogens is 3. The van der Waals surface area contributed by atoms with Crippen LogP contribution in [0.3, 0.4) is 0 Å². The average Bonchev–Trinajstić information content (AvgIpc) is 3.21. The number of likely N-dealkylation sites (tertiary alicyclic amines) is 1. The lowest BCUT2D eigenvalue weighted by Crippen LogP contribution is -2.68. The Morgan fingerprint density at radius 3 is 2.01 bits per heavy atom. The summed E-state index contributed by atoms with van der Waals surface area (Å²) in [7, 11) is -3.27. The summed E-state index contributed by atoms with van der Waals surface area (Å²) >= 11 is 0. The number of fused-ring (bicyclic) bond motifs is 7. The Morgan fingerprint density at radius 1 is 0.852 bits per heavy atom. The zero-order chi connectivity index (χ0) is 58.0. The Bertz CT molecular complexity index is 3250. The predicted octanol–water partition coefficient (Wildman–Crippen LogP) is 13.5. The highest BCUT2D eigenvalue weighted by Crippen LogP contribution is 2.64. The number of alkyl halides is 3. The molecule has 4 aromatic carbocycles. The fraction of sp³-hybridized carbons (Fsp3) is 0.429. The third kappa shape index (κ3) is 10.6. The summed E-state index contributed by atoms with van der Waals surface area (Å²) in [5.41, 5.74) is -1.83. The van der Waals surface area contributed by atoms with Gasteiger partial charge < -0.3 is 33.0 Å². The fourth-order valence-corrected chi connectivity index (χ4v) is 13.9.